The molecule has 5 aromatic rings. The number of carbonyl (C=O) groups is 5. The lowest BCUT2D eigenvalue weighted by molar-refractivity contribution is -0.135. The molecule has 3 aliphatic rings. The molecule has 2 saturated heterocycles. The fraction of sp³-hybridized carbons (Fsp3) is 0.467. The van der Waals surface area contributed by atoms with Gasteiger partial charge in [-0.25, -0.2) is 9.78 Å². The molecule has 3 aromatic heterocycles. The van der Waals surface area contributed by atoms with E-state index in [1.54, 1.807) is 61.2 Å². The van der Waals surface area contributed by atoms with Crippen LogP contribution in [0, 0.1) is 0 Å². The summed E-state index contributed by atoms with van der Waals surface area (Å²) < 4.78 is 9.64. The Morgan fingerprint density at radius 3 is 2.43 bits per heavy atom. The SMILES string of the molecule is CN(C)C(=O)c1cc2cnc(Nc3ccc(C(=O)NCCCCCCN4CCN(C(=O)COc5ccc6c(N7CCC(=O)NC7=O)nn(C)c6c5)CC4)cc3)nc2n1C1CCCC1. The lowest BCUT2D eigenvalue weighted by Gasteiger charge is -2.34. The molecule has 0 bridgehead atoms. The first-order valence-corrected chi connectivity index (χ1v) is 22.0. The zero-order valence-corrected chi connectivity index (χ0v) is 36.3. The third-order valence-corrected chi connectivity index (χ3v) is 12.2. The molecule has 2 aliphatic heterocycles. The van der Waals surface area contributed by atoms with E-state index < -0.39 is 6.03 Å². The van der Waals surface area contributed by atoms with Crippen LogP contribution >= 0.6 is 0 Å². The number of ether oxygens (including phenoxy) is 1. The number of anilines is 3. The molecule has 18 heteroatoms. The number of carbonyl (C=O) groups excluding carboxylic acids is 5. The summed E-state index contributed by atoms with van der Waals surface area (Å²) in [6.07, 6.45) is 10.3. The number of hydrogen-bond acceptors (Lipinski definition) is 11. The van der Waals surface area contributed by atoms with Gasteiger partial charge in [-0.1, -0.05) is 25.7 Å². The number of rotatable bonds is 16. The fourth-order valence-corrected chi connectivity index (χ4v) is 8.68. The number of urea groups is 1. The second-order valence-electron chi connectivity index (χ2n) is 16.8. The van der Waals surface area contributed by atoms with E-state index in [4.69, 9.17) is 9.72 Å². The summed E-state index contributed by atoms with van der Waals surface area (Å²) in [4.78, 5) is 79.5. The van der Waals surface area contributed by atoms with Gasteiger partial charge in [0, 0.05) is 107 Å². The van der Waals surface area contributed by atoms with Gasteiger partial charge in [0.1, 0.15) is 17.1 Å². The summed E-state index contributed by atoms with van der Waals surface area (Å²) in [6, 6.07) is 14.3. The van der Waals surface area contributed by atoms with Crippen molar-refractivity contribution in [2.24, 2.45) is 7.05 Å². The number of aromatic nitrogens is 5. The minimum Gasteiger partial charge on any atom is -0.484 e. The van der Waals surface area contributed by atoms with Crippen LogP contribution < -0.4 is 25.6 Å². The number of aryl methyl sites for hydroxylation is 1. The smallest absolute Gasteiger partial charge is 0.329 e. The molecular formula is C45H56N12O6. The van der Waals surface area contributed by atoms with Gasteiger partial charge in [0.25, 0.3) is 17.7 Å². The van der Waals surface area contributed by atoms with Crippen molar-refractivity contribution in [1.82, 2.24) is 49.6 Å². The number of unbranched alkanes of at least 4 members (excludes halogenated alkanes) is 3. The highest BCUT2D eigenvalue weighted by Gasteiger charge is 2.29. The van der Waals surface area contributed by atoms with Crippen molar-refractivity contribution in [1.29, 1.82) is 0 Å². The average Bonchev–Trinajstić information content (AvgIpc) is 4.03. The Labute approximate surface area is 365 Å². The van der Waals surface area contributed by atoms with Crippen molar-refractivity contribution in [3.05, 3.63) is 66.0 Å². The number of piperazine rings is 1. The molecule has 1 saturated carbocycles. The Morgan fingerprint density at radius 1 is 0.921 bits per heavy atom. The van der Waals surface area contributed by atoms with E-state index in [1.807, 2.05) is 29.2 Å². The summed E-state index contributed by atoms with van der Waals surface area (Å²) in [5.41, 5.74) is 3.47. The molecule has 18 nitrogen and oxygen atoms in total. The molecule has 1 aliphatic carbocycles. The molecule has 8 rings (SSSR count). The first-order valence-electron chi connectivity index (χ1n) is 22.0. The maximum absolute atomic E-state index is 13.0. The van der Waals surface area contributed by atoms with Gasteiger partial charge in [-0.15, -0.1) is 0 Å². The quantitative estimate of drug-likeness (QED) is 0.115. The maximum atomic E-state index is 13.0. The molecule has 332 valence electrons. The number of fused-ring (bicyclic) bond motifs is 2. The summed E-state index contributed by atoms with van der Waals surface area (Å²) in [6.45, 7) is 4.68. The van der Waals surface area contributed by atoms with Crippen molar-refractivity contribution in [2.45, 2.75) is 63.8 Å². The fourth-order valence-electron chi connectivity index (χ4n) is 8.68. The highest BCUT2D eigenvalue weighted by Crippen LogP contribution is 2.35. The lowest BCUT2D eigenvalue weighted by atomic mass is 10.1. The number of hydrogen-bond donors (Lipinski definition) is 3. The molecule has 0 radical (unpaired) electrons. The third kappa shape index (κ3) is 9.90. The van der Waals surface area contributed by atoms with E-state index in [1.165, 1.54) is 4.90 Å². The second-order valence-corrected chi connectivity index (χ2v) is 16.8. The number of amides is 6. The zero-order valence-electron chi connectivity index (χ0n) is 36.3. The van der Waals surface area contributed by atoms with Crippen LogP contribution in [0.2, 0.25) is 0 Å². The molecule has 3 fully saturated rings. The lowest BCUT2D eigenvalue weighted by Crippen LogP contribution is -2.50. The predicted octanol–water partition coefficient (Wildman–Crippen LogP) is 4.84. The summed E-state index contributed by atoms with van der Waals surface area (Å²) in [5, 5.41) is 14.7. The summed E-state index contributed by atoms with van der Waals surface area (Å²) in [5.74, 6) is 0.913. The molecular weight excluding hydrogens is 805 g/mol. The molecule has 6 amide bonds. The minimum atomic E-state index is -0.492. The molecule has 0 spiro atoms. The Morgan fingerprint density at radius 2 is 1.68 bits per heavy atom. The van der Waals surface area contributed by atoms with E-state index >= 15 is 0 Å². The van der Waals surface area contributed by atoms with Gasteiger partial charge in [0.2, 0.25) is 11.9 Å². The van der Waals surface area contributed by atoms with Gasteiger partial charge in [0.15, 0.2) is 12.4 Å². The van der Waals surface area contributed by atoms with Crippen molar-refractivity contribution in [2.75, 3.05) is 76.7 Å². The van der Waals surface area contributed by atoms with Crippen LogP contribution in [-0.2, 0) is 16.6 Å². The maximum Gasteiger partial charge on any atom is 0.329 e. The van der Waals surface area contributed by atoms with Crippen LogP contribution in [-0.4, -0.2) is 135 Å². The van der Waals surface area contributed by atoms with Crippen LogP contribution in [0.15, 0.2) is 54.7 Å². The Balaban J connectivity index is 0.710. The first kappa shape index (κ1) is 43.1. The topological polar surface area (TPSA) is 192 Å². The molecule has 0 atom stereocenters. The van der Waals surface area contributed by atoms with Crippen LogP contribution in [0.1, 0.15) is 84.7 Å². The molecule has 0 unspecified atom stereocenters. The van der Waals surface area contributed by atoms with Gasteiger partial charge >= 0.3 is 6.03 Å². The highest BCUT2D eigenvalue weighted by molar-refractivity contribution is 6.09. The first-order chi connectivity index (χ1) is 30.5. The Hall–Kier alpha value is -6.56. The number of nitrogens with zero attached hydrogens (tertiary/aromatic N) is 9. The normalized spacial score (nSPS) is 16.2. The number of benzene rings is 2. The van der Waals surface area contributed by atoms with Gasteiger partial charge in [-0.05, 0) is 74.7 Å². The van der Waals surface area contributed by atoms with Crippen molar-refractivity contribution < 1.29 is 28.7 Å². The largest absolute Gasteiger partial charge is 0.484 e. The Kier molecular flexibility index (Phi) is 13.2. The van der Waals surface area contributed by atoms with Gasteiger partial charge in [-0.3, -0.25) is 39.0 Å². The van der Waals surface area contributed by atoms with E-state index in [2.05, 4.69) is 35.5 Å². The van der Waals surface area contributed by atoms with Crippen molar-refractivity contribution >= 4 is 69.0 Å². The van der Waals surface area contributed by atoms with Gasteiger partial charge < -0.3 is 29.7 Å². The van der Waals surface area contributed by atoms with Gasteiger partial charge in [0.05, 0.1) is 5.52 Å². The van der Waals surface area contributed by atoms with E-state index in [-0.39, 0.29) is 49.2 Å². The van der Waals surface area contributed by atoms with E-state index in [9.17, 15) is 24.0 Å². The van der Waals surface area contributed by atoms with Crippen molar-refractivity contribution in [3.63, 3.8) is 0 Å². The third-order valence-electron chi connectivity index (χ3n) is 12.2. The van der Waals surface area contributed by atoms with E-state index in [0.717, 1.165) is 98.6 Å². The van der Waals surface area contributed by atoms with Crippen LogP contribution in [0.4, 0.5) is 22.2 Å². The molecule has 63 heavy (non-hydrogen) atoms. The Bertz CT molecular complexity index is 2480. The van der Waals surface area contributed by atoms with E-state index in [0.29, 0.717) is 48.4 Å². The summed E-state index contributed by atoms with van der Waals surface area (Å²) >= 11 is 0. The number of imide groups is 1. The minimum absolute atomic E-state index is 0.0469. The second kappa shape index (κ2) is 19.2. The number of nitrogens with one attached hydrogen (secondary N) is 3. The standard InChI is InChI=1S/C45H56N12O6/c1-52(2)43(61)37-26-31-28-47-44(50-40(31)57(37)33-10-6-7-11-33)48-32-14-12-30(13-15-32)42(60)46-19-8-4-5-9-20-54-22-24-55(25-23-54)39(59)29-63-34-16-17-35-36(27-34)53(3)51-41(35)56-21-18-38(58)49-45(56)62/h12-17,26-28,33H,4-11,18-25,29H2,1-3H3,(H,46,60)(H,47,48,50)(H,49,58,62). The summed E-state index contributed by atoms with van der Waals surface area (Å²) in [7, 11) is 5.30. The predicted molar refractivity (Wildman–Crippen MR) is 238 cm³/mol. The molecule has 2 aromatic carbocycles. The van der Waals surface area contributed by atoms with Crippen LogP contribution in [0.5, 0.6) is 5.75 Å². The monoisotopic (exact) mass is 860 g/mol. The molecule has 3 N–H and O–H groups in total. The van der Waals surface area contributed by atoms with Gasteiger partial charge in [-0.2, -0.15) is 10.1 Å². The van der Waals surface area contributed by atoms with Crippen LogP contribution in [0.3, 0.4) is 0 Å². The van der Waals surface area contributed by atoms with Crippen LogP contribution in [0.25, 0.3) is 21.9 Å². The zero-order chi connectivity index (χ0) is 44.0. The van der Waals surface area contributed by atoms with Crippen molar-refractivity contribution in [3.8, 4) is 5.75 Å². The average molecular weight is 861 g/mol. The molecule has 5 heterocycles. The highest BCUT2D eigenvalue weighted by atomic mass is 16.5.